The van der Waals surface area contributed by atoms with Crippen LogP contribution < -0.4 is 9.64 Å². The number of esters is 1. The van der Waals surface area contributed by atoms with Crippen molar-refractivity contribution in [2.75, 3.05) is 18.1 Å². The second kappa shape index (κ2) is 11.9. The molecule has 1 aliphatic heterocycles. The Bertz CT molecular complexity index is 1480. The summed E-state index contributed by atoms with van der Waals surface area (Å²) in [4.78, 5) is 56.1. The fraction of sp³-hybridized carbons (Fsp3) is 0.241. The number of carbonyl (C=O) groups is 4. The quantitative estimate of drug-likeness (QED) is 0.219. The van der Waals surface area contributed by atoms with E-state index in [4.69, 9.17) is 9.47 Å². The maximum absolute atomic E-state index is 13.1. The van der Waals surface area contributed by atoms with E-state index in [0.717, 1.165) is 22.2 Å². The first-order valence-corrected chi connectivity index (χ1v) is 13.0. The Balaban J connectivity index is 1.39. The summed E-state index contributed by atoms with van der Waals surface area (Å²) in [6.45, 7) is 5.53. The van der Waals surface area contributed by atoms with Gasteiger partial charge in [0.1, 0.15) is 16.8 Å². The van der Waals surface area contributed by atoms with Crippen LogP contribution >= 0.6 is 11.8 Å². The zero-order valence-electron chi connectivity index (χ0n) is 21.6. The van der Waals surface area contributed by atoms with Gasteiger partial charge in [0.15, 0.2) is 12.4 Å². The summed E-state index contributed by atoms with van der Waals surface area (Å²) in [7, 11) is 0. The number of ketones is 1. The smallest absolute Gasteiger partial charge is 0.338 e. The van der Waals surface area contributed by atoms with E-state index in [1.165, 1.54) is 24.3 Å². The van der Waals surface area contributed by atoms with Crippen molar-refractivity contribution in [3.05, 3.63) is 82.5 Å². The number of aryl methyl sites for hydroxylation is 2. The average molecular weight is 544 g/mol. The van der Waals surface area contributed by atoms with Crippen LogP contribution in [0.1, 0.15) is 50.9 Å². The van der Waals surface area contributed by atoms with Gasteiger partial charge in [-0.15, -0.1) is 0 Å². The average Bonchev–Trinajstić information content (AvgIpc) is 3.19. The maximum Gasteiger partial charge on any atom is 0.338 e. The third kappa shape index (κ3) is 6.16. The van der Waals surface area contributed by atoms with E-state index in [1.54, 1.807) is 44.2 Å². The molecule has 2 amide bonds. The number of anilines is 1. The normalized spacial score (nSPS) is 14.7. The lowest BCUT2D eigenvalue weighted by Gasteiger charge is -2.15. The zero-order valence-corrected chi connectivity index (χ0v) is 22.4. The van der Waals surface area contributed by atoms with Crippen LogP contribution in [0, 0.1) is 25.2 Å². The van der Waals surface area contributed by atoms with Gasteiger partial charge in [-0.05, 0) is 80.9 Å². The number of hydrogen-bond acceptors (Lipinski definition) is 9. The molecule has 1 atom stereocenters. The summed E-state index contributed by atoms with van der Waals surface area (Å²) >= 11 is 1.10. The lowest BCUT2D eigenvalue weighted by Crippen LogP contribution is -2.31. The summed E-state index contributed by atoms with van der Waals surface area (Å²) in [5.74, 6) is -1.25. The molecule has 0 saturated carbocycles. The second-order valence-corrected chi connectivity index (χ2v) is 9.95. The molecular formula is C29H25N3O6S. The maximum atomic E-state index is 13.1. The third-order valence-corrected chi connectivity index (χ3v) is 7.14. The Morgan fingerprint density at radius 3 is 2.38 bits per heavy atom. The molecule has 2 aromatic carbocycles. The number of amides is 2. The van der Waals surface area contributed by atoms with Crippen molar-refractivity contribution in [2.45, 2.75) is 37.5 Å². The van der Waals surface area contributed by atoms with Gasteiger partial charge in [-0.1, -0.05) is 11.8 Å². The highest BCUT2D eigenvalue weighted by atomic mass is 32.2. The largest absolute Gasteiger partial charge is 0.494 e. The fourth-order valence-electron chi connectivity index (χ4n) is 4.07. The van der Waals surface area contributed by atoms with Crippen LogP contribution in [0.4, 0.5) is 5.69 Å². The first-order chi connectivity index (χ1) is 18.7. The Kier molecular flexibility index (Phi) is 8.42. The van der Waals surface area contributed by atoms with Crippen LogP contribution in [-0.4, -0.2) is 47.0 Å². The van der Waals surface area contributed by atoms with E-state index in [0.29, 0.717) is 39.9 Å². The van der Waals surface area contributed by atoms with Gasteiger partial charge in [0, 0.05) is 17.7 Å². The number of ether oxygens (including phenoxy) is 2. The summed E-state index contributed by atoms with van der Waals surface area (Å²) in [5, 5.41) is 9.20. The lowest BCUT2D eigenvalue weighted by atomic mass is 10.1. The molecule has 0 radical (unpaired) electrons. The molecule has 1 saturated heterocycles. The third-order valence-electron chi connectivity index (χ3n) is 5.97. The molecule has 1 aromatic heterocycles. The first kappa shape index (κ1) is 27.5. The number of benzene rings is 2. The predicted molar refractivity (Wildman–Crippen MR) is 144 cm³/mol. The number of pyridine rings is 1. The zero-order chi connectivity index (χ0) is 28.1. The minimum absolute atomic E-state index is 0.0412. The molecule has 0 spiro atoms. The SMILES string of the molecule is CCOc1ccc(C(=O)COC(=O)c2ccc(N3C(=O)CC(Sc4nc(C)cc(C)c4C#N)C3=O)cc2)cc1. The van der Waals surface area contributed by atoms with Gasteiger partial charge in [0.2, 0.25) is 11.8 Å². The number of aromatic nitrogens is 1. The minimum atomic E-state index is -0.725. The van der Waals surface area contributed by atoms with Gasteiger partial charge in [-0.2, -0.15) is 5.26 Å². The molecule has 9 nitrogen and oxygen atoms in total. The van der Waals surface area contributed by atoms with Crippen LogP contribution in [0.3, 0.4) is 0 Å². The lowest BCUT2D eigenvalue weighted by molar-refractivity contribution is -0.121. The molecule has 3 aromatic rings. The highest BCUT2D eigenvalue weighted by molar-refractivity contribution is 8.00. The van der Waals surface area contributed by atoms with Gasteiger partial charge in [0.05, 0.1) is 28.7 Å². The summed E-state index contributed by atoms with van der Waals surface area (Å²) in [6, 6.07) is 16.3. The summed E-state index contributed by atoms with van der Waals surface area (Å²) in [6.07, 6.45) is -0.0412. The van der Waals surface area contributed by atoms with Crippen LogP contribution in [0.15, 0.2) is 59.6 Å². The van der Waals surface area contributed by atoms with Crippen molar-refractivity contribution < 1.29 is 28.7 Å². The van der Waals surface area contributed by atoms with E-state index in [9.17, 15) is 24.4 Å². The summed E-state index contributed by atoms with van der Waals surface area (Å²) in [5.41, 5.74) is 2.72. The van der Waals surface area contributed by atoms with Gasteiger partial charge in [0.25, 0.3) is 0 Å². The Morgan fingerprint density at radius 1 is 1.08 bits per heavy atom. The number of nitrogens with zero attached hydrogens (tertiary/aromatic N) is 3. The van der Waals surface area contributed by atoms with Crippen molar-refractivity contribution in [1.82, 2.24) is 4.98 Å². The molecule has 1 fully saturated rings. The van der Waals surface area contributed by atoms with E-state index < -0.39 is 29.6 Å². The second-order valence-electron chi connectivity index (χ2n) is 8.75. The standard InChI is InChI=1S/C29H25N3O6S/c1-4-37-22-11-7-19(8-12-22)24(33)16-38-29(36)20-5-9-21(10-6-20)32-26(34)14-25(28(32)35)39-27-23(15-30)17(2)13-18(3)31-27/h5-13,25H,4,14,16H2,1-3H3. The van der Waals surface area contributed by atoms with Gasteiger partial charge >= 0.3 is 5.97 Å². The minimum Gasteiger partial charge on any atom is -0.494 e. The molecule has 4 rings (SSSR count). The predicted octanol–water partition coefficient (Wildman–Crippen LogP) is 4.43. The molecule has 198 valence electrons. The molecule has 0 N–H and O–H groups in total. The number of nitriles is 1. The molecule has 2 heterocycles. The molecule has 0 aliphatic carbocycles. The highest BCUT2D eigenvalue weighted by Gasteiger charge is 2.41. The number of thioether (sulfide) groups is 1. The van der Waals surface area contributed by atoms with Crippen molar-refractivity contribution in [1.29, 1.82) is 5.26 Å². The number of rotatable bonds is 9. The van der Waals surface area contributed by atoms with Crippen molar-refractivity contribution in [2.24, 2.45) is 0 Å². The Morgan fingerprint density at radius 2 is 1.74 bits per heavy atom. The summed E-state index contributed by atoms with van der Waals surface area (Å²) < 4.78 is 10.5. The monoisotopic (exact) mass is 543 g/mol. The molecule has 10 heteroatoms. The van der Waals surface area contributed by atoms with E-state index >= 15 is 0 Å². The molecular weight excluding hydrogens is 518 g/mol. The molecule has 1 aliphatic rings. The van der Waals surface area contributed by atoms with Crippen LogP contribution in [0.2, 0.25) is 0 Å². The van der Waals surface area contributed by atoms with Crippen molar-refractivity contribution >= 4 is 41.0 Å². The molecule has 1 unspecified atom stereocenters. The first-order valence-electron chi connectivity index (χ1n) is 12.2. The number of hydrogen-bond donors (Lipinski definition) is 0. The van der Waals surface area contributed by atoms with Crippen molar-refractivity contribution in [3.63, 3.8) is 0 Å². The number of imide groups is 1. The van der Waals surface area contributed by atoms with E-state index in [2.05, 4.69) is 11.1 Å². The fourth-order valence-corrected chi connectivity index (χ4v) is 5.30. The highest BCUT2D eigenvalue weighted by Crippen LogP contribution is 2.35. The van der Waals surface area contributed by atoms with Gasteiger partial charge in [-0.25, -0.2) is 14.7 Å². The topological polar surface area (TPSA) is 127 Å². The Hall–Kier alpha value is -4.49. The van der Waals surface area contributed by atoms with E-state index in [-0.39, 0.29) is 17.8 Å². The number of carbonyl (C=O) groups excluding carboxylic acids is 4. The van der Waals surface area contributed by atoms with Gasteiger partial charge < -0.3 is 9.47 Å². The molecule has 39 heavy (non-hydrogen) atoms. The van der Waals surface area contributed by atoms with Gasteiger partial charge in [-0.3, -0.25) is 14.4 Å². The van der Waals surface area contributed by atoms with Crippen LogP contribution in [0.25, 0.3) is 0 Å². The van der Waals surface area contributed by atoms with Crippen LogP contribution in [-0.2, 0) is 14.3 Å². The Labute approximate surface area is 229 Å². The van der Waals surface area contributed by atoms with Crippen molar-refractivity contribution in [3.8, 4) is 11.8 Å². The van der Waals surface area contributed by atoms with E-state index in [1.807, 2.05) is 6.92 Å². The molecule has 0 bridgehead atoms. The number of Topliss-reactive ketones (excluding diaryl/α,β-unsaturated/α-hetero) is 1. The van der Waals surface area contributed by atoms with Crippen LogP contribution in [0.5, 0.6) is 5.75 Å².